The Labute approximate surface area is 155 Å². The minimum Gasteiger partial charge on any atom is -0.357 e. The van der Waals surface area contributed by atoms with Crippen LogP contribution >= 0.6 is 0 Å². The molecule has 3 rings (SSSR count). The van der Waals surface area contributed by atoms with Crippen molar-refractivity contribution in [2.24, 2.45) is 10.4 Å². The van der Waals surface area contributed by atoms with Gasteiger partial charge in [0, 0.05) is 26.2 Å². The summed E-state index contributed by atoms with van der Waals surface area (Å²) in [4.78, 5) is 19.0. The number of carbonyl (C=O) groups excluding carboxylic acids is 1. The van der Waals surface area contributed by atoms with Gasteiger partial charge < -0.3 is 15.5 Å². The number of amides is 1. The molecule has 2 aliphatic rings. The largest absolute Gasteiger partial charge is 0.357 e. The smallest absolute Gasteiger partial charge is 0.224 e. The molecule has 0 unspecified atom stereocenters. The first-order valence-electron chi connectivity index (χ1n) is 9.65. The zero-order valence-corrected chi connectivity index (χ0v) is 15.6. The van der Waals surface area contributed by atoms with E-state index in [0.717, 1.165) is 31.2 Å². The van der Waals surface area contributed by atoms with E-state index >= 15 is 0 Å². The number of rotatable bonds is 6. The lowest BCUT2D eigenvalue weighted by molar-refractivity contribution is -0.120. The van der Waals surface area contributed by atoms with Crippen LogP contribution in [0.2, 0.25) is 0 Å². The van der Waals surface area contributed by atoms with Crippen molar-refractivity contribution in [1.29, 1.82) is 0 Å². The molecule has 1 aliphatic carbocycles. The van der Waals surface area contributed by atoms with Gasteiger partial charge in [0.2, 0.25) is 5.91 Å². The summed E-state index contributed by atoms with van der Waals surface area (Å²) in [5.74, 6) is 0.612. The molecule has 0 aromatic heterocycles. The van der Waals surface area contributed by atoms with E-state index in [1.165, 1.54) is 37.8 Å². The third-order valence-corrected chi connectivity index (χ3v) is 5.46. The maximum Gasteiger partial charge on any atom is 0.224 e. The lowest BCUT2D eigenvalue weighted by Crippen LogP contribution is -2.43. The summed E-state index contributed by atoms with van der Waals surface area (Å²) in [5, 5.41) is 6.26. The van der Waals surface area contributed by atoms with Gasteiger partial charge in [-0.3, -0.25) is 9.79 Å². The summed E-state index contributed by atoms with van der Waals surface area (Å²) in [6.45, 7) is 6.17. The molecule has 26 heavy (non-hydrogen) atoms. The summed E-state index contributed by atoms with van der Waals surface area (Å²) in [6, 6.07) is 6.03. The molecule has 6 heteroatoms. The van der Waals surface area contributed by atoms with Gasteiger partial charge in [-0.05, 0) is 49.3 Å². The van der Waals surface area contributed by atoms with Crippen molar-refractivity contribution >= 4 is 11.9 Å². The number of aliphatic imine (C=N–C) groups is 1. The minimum atomic E-state index is -0.287. The molecule has 1 aromatic rings. The van der Waals surface area contributed by atoms with Gasteiger partial charge in [-0.2, -0.15) is 0 Å². The molecule has 1 heterocycles. The number of guanidine groups is 1. The van der Waals surface area contributed by atoms with Crippen LogP contribution in [0.25, 0.3) is 0 Å². The van der Waals surface area contributed by atoms with Crippen LogP contribution in [0.5, 0.6) is 0 Å². The van der Waals surface area contributed by atoms with E-state index in [1.54, 1.807) is 12.1 Å². The average Bonchev–Trinajstić information content (AvgIpc) is 3.06. The molecule has 1 spiro atoms. The molecule has 1 saturated carbocycles. The Morgan fingerprint density at radius 2 is 2.00 bits per heavy atom. The van der Waals surface area contributed by atoms with Gasteiger partial charge in [0.1, 0.15) is 5.82 Å². The maximum atomic E-state index is 12.9. The lowest BCUT2D eigenvalue weighted by atomic mass is 9.68. The van der Waals surface area contributed by atoms with Crippen molar-refractivity contribution in [2.45, 2.75) is 39.0 Å². The highest BCUT2D eigenvalue weighted by Crippen LogP contribution is 2.47. The molecular formula is C20H29FN4O. The summed E-state index contributed by atoms with van der Waals surface area (Å²) in [7, 11) is 0. The van der Waals surface area contributed by atoms with Crippen molar-refractivity contribution in [1.82, 2.24) is 15.5 Å². The average molecular weight is 360 g/mol. The molecule has 1 aliphatic heterocycles. The van der Waals surface area contributed by atoms with Gasteiger partial charge in [0.05, 0.1) is 13.0 Å². The van der Waals surface area contributed by atoms with E-state index in [2.05, 4.69) is 27.4 Å². The molecule has 0 atom stereocenters. The van der Waals surface area contributed by atoms with Crippen molar-refractivity contribution in [2.75, 3.05) is 32.7 Å². The third-order valence-electron chi connectivity index (χ3n) is 5.46. The van der Waals surface area contributed by atoms with Crippen LogP contribution in [0.1, 0.15) is 38.2 Å². The fourth-order valence-corrected chi connectivity index (χ4v) is 3.83. The van der Waals surface area contributed by atoms with E-state index in [4.69, 9.17) is 0 Å². The molecule has 5 nitrogen and oxygen atoms in total. The summed E-state index contributed by atoms with van der Waals surface area (Å²) in [5.41, 5.74) is 1.35. The highest BCUT2D eigenvalue weighted by Gasteiger charge is 2.43. The van der Waals surface area contributed by atoms with Crippen LogP contribution in [0.4, 0.5) is 4.39 Å². The van der Waals surface area contributed by atoms with E-state index < -0.39 is 0 Å². The zero-order chi connectivity index (χ0) is 18.4. The number of nitrogens with zero attached hydrogens (tertiary/aromatic N) is 2. The van der Waals surface area contributed by atoms with Crippen molar-refractivity contribution in [3.8, 4) is 0 Å². The second kappa shape index (κ2) is 8.52. The summed E-state index contributed by atoms with van der Waals surface area (Å²) in [6.07, 6.45) is 5.59. The first-order valence-corrected chi connectivity index (χ1v) is 9.65. The number of nitrogens with one attached hydrogen (secondary N) is 2. The van der Waals surface area contributed by atoms with E-state index in [9.17, 15) is 9.18 Å². The molecule has 1 amide bonds. The molecule has 1 saturated heterocycles. The second-order valence-electron chi connectivity index (χ2n) is 7.41. The van der Waals surface area contributed by atoms with Crippen LogP contribution in [0, 0.1) is 11.2 Å². The number of halogens is 1. The number of likely N-dealkylation sites (tertiary alicyclic amines) is 1. The molecule has 2 fully saturated rings. The minimum absolute atomic E-state index is 0.0635. The molecule has 142 valence electrons. The number of benzene rings is 1. The Kier molecular flexibility index (Phi) is 6.12. The van der Waals surface area contributed by atoms with Crippen molar-refractivity contribution in [3.05, 3.63) is 35.6 Å². The highest BCUT2D eigenvalue weighted by atomic mass is 19.1. The predicted molar refractivity (Wildman–Crippen MR) is 102 cm³/mol. The number of hydrogen-bond acceptors (Lipinski definition) is 2. The van der Waals surface area contributed by atoms with Crippen LogP contribution in [-0.4, -0.2) is 49.5 Å². The summed E-state index contributed by atoms with van der Waals surface area (Å²) < 4.78 is 12.9. The standard InChI is InChI=1S/C20H29FN4O/c1-2-22-19(25-13-10-20(15-25)8-3-9-20)24-12-11-23-18(26)14-16-4-6-17(21)7-5-16/h4-7H,2-3,8-15H2,1H3,(H,22,24)(H,23,26). The number of hydrogen-bond donors (Lipinski definition) is 2. The normalized spacial score (nSPS) is 18.7. The van der Waals surface area contributed by atoms with E-state index in [1.807, 2.05) is 0 Å². The first kappa shape index (κ1) is 18.7. The highest BCUT2D eigenvalue weighted by molar-refractivity contribution is 5.80. The Morgan fingerprint density at radius 1 is 1.23 bits per heavy atom. The fraction of sp³-hybridized carbons (Fsp3) is 0.600. The number of carbonyl (C=O) groups is 1. The van der Waals surface area contributed by atoms with Crippen LogP contribution < -0.4 is 10.6 Å². The fourth-order valence-electron chi connectivity index (χ4n) is 3.83. The van der Waals surface area contributed by atoms with Crippen molar-refractivity contribution in [3.63, 3.8) is 0 Å². The third kappa shape index (κ3) is 4.74. The van der Waals surface area contributed by atoms with Crippen molar-refractivity contribution < 1.29 is 9.18 Å². The van der Waals surface area contributed by atoms with Crippen LogP contribution in [0.15, 0.2) is 29.3 Å². The Bertz CT molecular complexity index is 640. The Balaban J connectivity index is 1.43. The van der Waals surface area contributed by atoms with E-state index in [-0.39, 0.29) is 18.1 Å². The second-order valence-corrected chi connectivity index (χ2v) is 7.41. The van der Waals surface area contributed by atoms with Gasteiger partial charge in [-0.1, -0.05) is 18.6 Å². The first-order chi connectivity index (χ1) is 12.6. The van der Waals surface area contributed by atoms with Crippen LogP contribution in [-0.2, 0) is 11.2 Å². The zero-order valence-electron chi connectivity index (χ0n) is 15.6. The van der Waals surface area contributed by atoms with Gasteiger partial charge in [-0.15, -0.1) is 0 Å². The maximum absolute atomic E-state index is 12.9. The molecule has 1 aromatic carbocycles. The predicted octanol–water partition coefficient (Wildman–Crippen LogP) is 2.33. The summed E-state index contributed by atoms with van der Waals surface area (Å²) >= 11 is 0. The Hall–Kier alpha value is -2.11. The SMILES string of the molecule is CCNC(=NCCNC(=O)Cc1ccc(F)cc1)N1CCC2(CCC2)C1. The van der Waals surface area contributed by atoms with Gasteiger partial charge >= 0.3 is 0 Å². The van der Waals surface area contributed by atoms with E-state index in [0.29, 0.717) is 18.5 Å². The Morgan fingerprint density at radius 3 is 2.62 bits per heavy atom. The molecule has 0 bridgehead atoms. The topological polar surface area (TPSA) is 56.7 Å². The monoisotopic (exact) mass is 360 g/mol. The van der Waals surface area contributed by atoms with Gasteiger partial charge in [0.15, 0.2) is 5.96 Å². The molecule has 2 N–H and O–H groups in total. The quantitative estimate of drug-likeness (QED) is 0.465. The molecule has 0 radical (unpaired) electrons. The van der Waals surface area contributed by atoms with Gasteiger partial charge in [0.25, 0.3) is 0 Å². The molecular weight excluding hydrogens is 331 g/mol. The van der Waals surface area contributed by atoms with Crippen LogP contribution in [0.3, 0.4) is 0 Å². The van der Waals surface area contributed by atoms with Gasteiger partial charge in [-0.25, -0.2) is 4.39 Å². The lowest BCUT2D eigenvalue weighted by Gasteiger charge is -2.38.